The molecule has 0 fully saturated rings. The van der Waals surface area contributed by atoms with Crippen LogP contribution in [0.4, 0.5) is 13.2 Å². The van der Waals surface area contributed by atoms with Crippen molar-refractivity contribution < 1.29 is 13.2 Å². The van der Waals surface area contributed by atoms with E-state index in [0.29, 0.717) is 10.2 Å². The van der Waals surface area contributed by atoms with E-state index in [0.717, 1.165) is 0 Å². The van der Waals surface area contributed by atoms with Crippen LogP contribution in [0.3, 0.4) is 0 Å². The fourth-order valence-electron chi connectivity index (χ4n) is 0.893. The largest absolute Gasteiger partial charge is 0.451 e. The van der Waals surface area contributed by atoms with Crippen LogP contribution in [-0.2, 0) is 6.18 Å². The molecule has 68 valence electrons. The van der Waals surface area contributed by atoms with Gasteiger partial charge in [-0.15, -0.1) is 11.3 Å². The number of thiophene rings is 1. The maximum atomic E-state index is 12.1. The van der Waals surface area contributed by atoms with Gasteiger partial charge in [-0.05, 0) is 11.4 Å². The minimum Gasteiger partial charge on any atom is -0.232 e. The Morgan fingerprint density at radius 2 is 2.08 bits per heavy atom. The molecule has 0 radical (unpaired) electrons. The number of alkyl halides is 3. The van der Waals surface area contributed by atoms with Crippen molar-refractivity contribution in [2.24, 2.45) is 0 Å². The fraction of sp³-hybridized carbons (Fsp3) is 0.143. The second kappa shape index (κ2) is 2.66. The Hall–Kier alpha value is -1.17. The first kappa shape index (κ1) is 8.43. The highest BCUT2D eigenvalue weighted by atomic mass is 32.1. The Bertz CT molecular complexity index is 434. The third-order valence-electron chi connectivity index (χ3n) is 1.46. The Morgan fingerprint density at radius 3 is 2.77 bits per heavy atom. The second-order valence-corrected chi connectivity index (χ2v) is 3.27. The first-order valence-electron chi connectivity index (χ1n) is 3.35. The monoisotopic (exact) mass is 204 g/mol. The van der Waals surface area contributed by atoms with Gasteiger partial charge in [-0.25, -0.2) is 9.97 Å². The highest BCUT2D eigenvalue weighted by molar-refractivity contribution is 7.16. The van der Waals surface area contributed by atoms with Crippen LogP contribution in [0, 0.1) is 0 Å². The van der Waals surface area contributed by atoms with E-state index in [2.05, 4.69) is 9.97 Å². The highest BCUT2D eigenvalue weighted by Crippen LogP contribution is 2.28. The first-order valence-corrected chi connectivity index (χ1v) is 4.23. The van der Waals surface area contributed by atoms with Gasteiger partial charge in [-0.3, -0.25) is 0 Å². The van der Waals surface area contributed by atoms with E-state index in [9.17, 15) is 13.2 Å². The minimum absolute atomic E-state index is 0.363. The van der Waals surface area contributed by atoms with Crippen LogP contribution < -0.4 is 0 Å². The molecule has 0 aliphatic heterocycles. The summed E-state index contributed by atoms with van der Waals surface area (Å²) >= 11 is 1.17. The van der Waals surface area contributed by atoms with Crippen molar-refractivity contribution in [3.8, 4) is 0 Å². The van der Waals surface area contributed by atoms with Gasteiger partial charge in [-0.1, -0.05) is 0 Å². The van der Waals surface area contributed by atoms with Gasteiger partial charge in [0.25, 0.3) is 0 Å². The summed E-state index contributed by atoms with van der Waals surface area (Å²) < 4.78 is 36.3. The molecular formula is C7H3F3N2S. The van der Waals surface area contributed by atoms with Crippen molar-refractivity contribution in [2.45, 2.75) is 6.18 Å². The summed E-state index contributed by atoms with van der Waals surface area (Å²) in [6.45, 7) is 0. The molecule has 2 aromatic rings. The van der Waals surface area contributed by atoms with E-state index in [1.165, 1.54) is 17.5 Å². The molecule has 0 atom stereocenters. The Morgan fingerprint density at radius 1 is 1.31 bits per heavy atom. The maximum absolute atomic E-state index is 12.1. The van der Waals surface area contributed by atoms with Crippen LogP contribution in [0.15, 0.2) is 17.6 Å². The van der Waals surface area contributed by atoms with E-state index in [1.54, 1.807) is 11.4 Å². The van der Waals surface area contributed by atoms with Crippen LogP contribution in [0.25, 0.3) is 10.2 Å². The molecule has 0 spiro atoms. The van der Waals surface area contributed by atoms with E-state index < -0.39 is 12.0 Å². The molecule has 2 nitrogen and oxygen atoms in total. The molecule has 2 rings (SSSR count). The van der Waals surface area contributed by atoms with Crippen molar-refractivity contribution in [1.29, 1.82) is 0 Å². The molecule has 0 saturated heterocycles. The lowest BCUT2D eigenvalue weighted by atomic mass is 10.4. The quantitative estimate of drug-likeness (QED) is 0.659. The predicted octanol–water partition coefficient (Wildman–Crippen LogP) is 2.71. The highest BCUT2D eigenvalue weighted by Gasteiger charge is 2.34. The summed E-state index contributed by atoms with van der Waals surface area (Å²) in [5.74, 6) is -1.08. The molecule has 0 saturated carbocycles. The van der Waals surface area contributed by atoms with Crippen LogP contribution in [0.2, 0.25) is 0 Å². The third-order valence-corrected chi connectivity index (χ3v) is 2.28. The van der Waals surface area contributed by atoms with Crippen LogP contribution >= 0.6 is 11.3 Å². The van der Waals surface area contributed by atoms with Gasteiger partial charge in [0.15, 0.2) is 0 Å². The topological polar surface area (TPSA) is 25.8 Å². The smallest absolute Gasteiger partial charge is 0.232 e. The molecule has 13 heavy (non-hydrogen) atoms. The van der Waals surface area contributed by atoms with Crippen molar-refractivity contribution in [2.75, 3.05) is 0 Å². The molecule has 0 aromatic carbocycles. The Balaban J connectivity index is 2.61. The molecule has 0 unspecified atom stereocenters. The average molecular weight is 204 g/mol. The molecule has 2 aromatic heterocycles. The molecule has 0 aliphatic rings. The molecule has 6 heteroatoms. The lowest BCUT2D eigenvalue weighted by Crippen LogP contribution is -2.09. The van der Waals surface area contributed by atoms with Gasteiger partial charge in [-0.2, -0.15) is 13.2 Å². The number of hydrogen-bond acceptors (Lipinski definition) is 3. The summed E-state index contributed by atoms with van der Waals surface area (Å²) in [5, 5.41) is 2.32. The van der Waals surface area contributed by atoms with Gasteiger partial charge in [0.1, 0.15) is 4.83 Å². The number of hydrogen-bond donors (Lipinski definition) is 0. The number of halogens is 3. The maximum Gasteiger partial charge on any atom is 0.451 e. The first-order chi connectivity index (χ1) is 6.07. The summed E-state index contributed by atoms with van der Waals surface area (Å²) in [5.41, 5.74) is 0. The summed E-state index contributed by atoms with van der Waals surface area (Å²) in [4.78, 5) is 6.97. The summed E-state index contributed by atoms with van der Waals surface area (Å²) in [6.07, 6.45) is -3.28. The number of fused-ring (bicyclic) bond motifs is 1. The average Bonchev–Trinajstić information content (AvgIpc) is 2.47. The van der Waals surface area contributed by atoms with Crippen LogP contribution in [0.5, 0.6) is 0 Å². The third kappa shape index (κ3) is 1.49. The SMILES string of the molecule is FC(F)(F)c1ncc2ccsc2n1. The van der Waals surface area contributed by atoms with Gasteiger partial charge in [0.05, 0.1) is 0 Å². The number of nitrogens with zero attached hydrogens (tertiary/aromatic N) is 2. The van der Waals surface area contributed by atoms with Gasteiger partial charge >= 0.3 is 6.18 Å². The zero-order chi connectivity index (χ0) is 9.47. The van der Waals surface area contributed by atoms with Crippen LogP contribution in [0.1, 0.15) is 5.82 Å². The standard InChI is InChI=1S/C7H3F3N2S/c8-7(9,10)6-11-3-4-1-2-13-5(4)12-6/h1-3H. The van der Waals surface area contributed by atoms with Crippen LogP contribution in [-0.4, -0.2) is 9.97 Å². The van der Waals surface area contributed by atoms with Crippen molar-refractivity contribution in [1.82, 2.24) is 9.97 Å². The minimum atomic E-state index is -4.46. The Kier molecular flexibility index (Phi) is 1.73. The summed E-state index contributed by atoms with van der Waals surface area (Å²) in [6, 6.07) is 1.68. The van der Waals surface area contributed by atoms with Crippen molar-refractivity contribution in [3.63, 3.8) is 0 Å². The second-order valence-electron chi connectivity index (χ2n) is 2.37. The van der Waals surface area contributed by atoms with E-state index in [4.69, 9.17) is 0 Å². The zero-order valence-electron chi connectivity index (χ0n) is 6.17. The predicted molar refractivity (Wildman–Crippen MR) is 42.4 cm³/mol. The molecule has 0 amide bonds. The molecule has 0 aliphatic carbocycles. The lowest BCUT2D eigenvalue weighted by molar-refractivity contribution is -0.144. The van der Waals surface area contributed by atoms with Gasteiger partial charge < -0.3 is 0 Å². The van der Waals surface area contributed by atoms with E-state index in [1.807, 2.05) is 0 Å². The number of aromatic nitrogens is 2. The van der Waals surface area contributed by atoms with E-state index >= 15 is 0 Å². The fourth-order valence-corrected chi connectivity index (χ4v) is 1.63. The van der Waals surface area contributed by atoms with Crippen molar-refractivity contribution in [3.05, 3.63) is 23.5 Å². The normalized spacial score (nSPS) is 12.2. The Labute approximate surface area is 75.1 Å². The molecular weight excluding hydrogens is 201 g/mol. The van der Waals surface area contributed by atoms with E-state index in [-0.39, 0.29) is 0 Å². The summed E-state index contributed by atoms with van der Waals surface area (Å²) in [7, 11) is 0. The van der Waals surface area contributed by atoms with Gasteiger partial charge in [0, 0.05) is 11.6 Å². The molecule has 2 heterocycles. The van der Waals surface area contributed by atoms with Crippen molar-refractivity contribution >= 4 is 21.6 Å². The molecule has 0 N–H and O–H groups in total. The molecule has 0 bridgehead atoms. The number of rotatable bonds is 0. The zero-order valence-corrected chi connectivity index (χ0v) is 6.99. The van der Waals surface area contributed by atoms with Gasteiger partial charge in [0.2, 0.25) is 5.82 Å². The lowest BCUT2D eigenvalue weighted by Gasteiger charge is -2.02.